The van der Waals surface area contributed by atoms with Crippen molar-refractivity contribution in [3.63, 3.8) is 0 Å². The monoisotopic (exact) mass is 421 g/mol. The number of para-hydroxylation sites is 2. The molecule has 0 saturated carbocycles. The van der Waals surface area contributed by atoms with Gasteiger partial charge in [-0.1, -0.05) is 24.3 Å². The number of piperidine rings is 1. The molecule has 2 aromatic carbocycles. The molecule has 1 aliphatic heterocycles. The number of likely N-dealkylation sites (tertiary alicyclic amines) is 1. The highest BCUT2D eigenvalue weighted by atomic mass is 16.4. The van der Waals surface area contributed by atoms with Crippen LogP contribution in [0.2, 0.25) is 0 Å². The molecule has 1 fully saturated rings. The molecule has 0 bridgehead atoms. The Bertz CT molecular complexity index is 1140. The van der Waals surface area contributed by atoms with Crippen molar-refractivity contribution >= 4 is 22.9 Å². The number of hydrogen-bond acceptors (Lipinski definition) is 4. The van der Waals surface area contributed by atoms with E-state index in [0.717, 1.165) is 19.3 Å². The molecule has 0 spiro atoms. The summed E-state index contributed by atoms with van der Waals surface area (Å²) < 4.78 is 6.62. The van der Waals surface area contributed by atoms with E-state index in [9.17, 15) is 14.4 Å². The highest BCUT2D eigenvalue weighted by molar-refractivity contribution is 5.93. The standard InChI is InChI=1S/C24H27N3O4/c1-25(2)23(29)19-9-7-17(8-10-19)15-18-11-13-26(14-12-18)22(28)16-27-20-5-3-4-6-21(20)31-24(27)30/h3-10,18H,11-16H2,1-2H3. The number of carbonyl (C=O) groups is 2. The van der Waals surface area contributed by atoms with Crippen molar-refractivity contribution in [2.45, 2.75) is 25.8 Å². The molecule has 162 valence electrons. The van der Waals surface area contributed by atoms with Crippen LogP contribution in [0.1, 0.15) is 28.8 Å². The summed E-state index contributed by atoms with van der Waals surface area (Å²) in [6, 6.07) is 14.9. The fraction of sp³-hybridized carbons (Fsp3) is 0.375. The summed E-state index contributed by atoms with van der Waals surface area (Å²) in [7, 11) is 3.49. The molecule has 1 aromatic heterocycles. The summed E-state index contributed by atoms with van der Waals surface area (Å²) in [5.74, 6) is -0.0564. The maximum atomic E-state index is 12.8. The van der Waals surface area contributed by atoms with Crippen molar-refractivity contribution in [2.75, 3.05) is 27.2 Å². The second kappa shape index (κ2) is 8.79. The summed E-state index contributed by atoms with van der Waals surface area (Å²) in [5, 5.41) is 0. The molecular weight excluding hydrogens is 394 g/mol. The minimum absolute atomic E-state index is 0.00186. The minimum atomic E-state index is -0.499. The second-order valence-corrected chi connectivity index (χ2v) is 8.35. The summed E-state index contributed by atoms with van der Waals surface area (Å²) >= 11 is 0. The van der Waals surface area contributed by atoms with E-state index < -0.39 is 5.76 Å². The van der Waals surface area contributed by atoms with Crippen LogP contribution >= 0.6 is 0 Å². The van der Waals surface area contributed by atoms with Gasteiger partial charge in [-0.15, -0.1) is 0 Å². The van der Waals surface area contributed by atoms with E-state index in [1.807, 2.05) is 35.2 Å². The van der Waals surface area contributed by atoms with Crippen molar-refractivity contribution in [3.8, 4) is 0 Å². The van der Waals surface area contributed by atoms with Gasteiger partial charge in [-0.05, 0) is 55.0 Å². The molecule has 4 rings (SSSR count). The number of carbonyl (C=O) groups excluding carboxylic acids is 2. The predicted molar refractivity (Wildman–Crippen MR) is 118 cm³/mol. The normalized spacial score (nSPS) is 14.7. The molecule has 2 amide bonds. The molecule has 7 heteroatoms. The van der Waals surface area contributed by atoms with Crippen molar-refractivity contribution in [1.29, 1.82) is 0 Å². The number of rotatable bonds is 5. The Morgan fingerprint density at radius 1 is 1.03 bits per heavy atom. The maximum Gasteiger partial charge on any atom is 0.420 e. The van der Waals surface area contributed by atoms with Crippen LogP contribution in [0.25, 0.3) is 11.1 Å². The van der Waals surface area contributed by atoms with E-state index in [2.05, 4.69) is 0 Å². The molecule has 1 saturated heterocycles. The van der Waals surface area contributed by atoms with E-state index in [-0.39, 0.29) is 18.4 Å². The van der Waals surface area contributed by atoms with Crippen LogP contribution in [0.3, 0.4) is 0 Å². The van der Waals surface area contributed by atoms with Gasteiger partial charge in [0.25, 0.3) is 5.91 Å². The highest BCUT2D eigenvalue weighted by Crippen LogP contribution is 2.23. The molecule has 0 aliphatic carbocycles. The van der Waals surface area contributed by atoms with Crippen LogP contribution in [-0.4, -0.2) is 53.4 Å². The molecule has 3 aromatic rings. The van der Waals surface area contributed by atoms with Crippen LogP contribution in [0.4, 0.5) is 0 Å². The third-order valence-electron chi connectivity index (χ3n) is 5.97. The van der Waals surface area contributed by atoms with Gasteiger partial charge in [-0.2, -0.15) is 0 Å². The first-order chi connectivity index (χ1) is 14.9. The van der Waals surface area contributed by atoms with Gasteiger partial charge in [0, 0.05) is 32.7 Å². The zero-order chi connectivity index (χ0) is 22.0. The Labute approximate surface area is 180 Å². The van der Waals surface area contributed by atoms with Gasteiger partial charge < -0.3 is 14.2 Å². The highest BCUT2D eigenvalue weighted by Gasteiger charge is 2.24. The predicted octanol–water partition coefficient (Wildman–Crippen LogP) is 2.78. The molecule has 0 atom stereocenters. The van der Waals surface area contributed by atoms with Crippen molar-refractivity contribution in [3.05, 3.63) is 70.2 Å². The summed E-state index contributed by atoms with van der Waals surface area (Å²) in [6.45, 7) is 1.37. The molecular formula is C24H27N3O4. The largest absolute Gasteiger partial charge is 0.420 e. The zero-order valence-corrected chi connectivity index (χ0v) is 17.9. The van der Waals surface area contributed by atoms with E-state index in [1.54, 1.807) is 37.2 Å². The number of nitrogens with zero attached hydrogens (tertiary/aromatic N) is 3. The van der Waals surface area contributed by atoms with Crippen LogP contribution in [0.15, 0.2) is 57.7 Å². The molecule has 7 nitrogen and oxygen atoms in total. The fourth-order valence-corrected chi connectivity index (χ4v) is 4.16. The number of amides is 2. The van der Waals surface area contributed by atoms with Gasteiger partial charge in [-0.25, -0.2) is 4.79 Å². The Balaban J connectivity index is 1.32. The average Bonchev–Trinajstić information content (AvgIpc) is 3.09. The quantitative estimate of drug-likeness (QED) is 0.635. The Hall–Kier alpha value is -3.35. The zero-order valence-electron chi connectivity index (χ0n) is 17.9. The maximum absolute atomic E-state index is 12.8. The van der Waals surface area contributed by atoms with E-state index >= 15 is 0 Å². The lowest BCUT2D eigenvalue weighted by Crippen LogP contribution is -2.41. The fourth-order valence-electron chi connectivity index (χ4n) is 4.16. The first kappa shape index (κ1) is 20.9. The second-order valence-electron chi connectivity index (χ2n) is 8.35. The lowest BCUT2D eigenvalue weighted by Gasteiger charge is -2.32. The first-order valence-electron chi connectivity index (χ1n) is 10.6. The van der Waals surface area contributed by atoms with Crippen molar-refractivity contribution in [2.24, 2.45) is 5.92 Å². The van der Waals surface area contributed by atoms with Gasteiger partial charge in [0.1, 0.15) is 6.54 Å². The smallest absolute Gasteiger partial charge is 0.408 e. The number of benzene rings is 2. The van der Waals surface area contributed by atoms with Crippen LogP contribution in [0, 0.1) is 5.92 Å². The van der Waals surface area contributed by atoms with Gasteiger partial charge in [0.05, 0.1) is 5.52 Å². The van der Waals surface area contributed by atoms with Gasteiger partial charge >= 0.3 is 5.76 Å². The van der Waals surface area contributed by atoms with E-state index in [1.165, 1.54) is 10.1 Å². The molecule has 2 heterocycles. The van der Waals surface area contributed by atoms with Gasteiger partial charge in [0.2, 0.25) is 5.91 Å². The number of hydrogen-bond donors (Lipinski definition) is 0. The van der Waals surface area contributed by atoms with Crippen molar-refractivity contribution < 1.29 is 14.0 Å². The average molecular weight is 421 g/mol. The summed E-state index contributed by atoms with van der Waals surface area (Å²) in [6.07, 6.45) is 2.78. The number of fused-ring (bicyclic) bond motifs is 1. The van der Waals surface area contributed by atoms with Gasteiger partial charge in [0.15, 0.2) is 5.58 Å². The van der Waals surface area contributed by atoms with Crippen LogP contribution in [0.5, 0.6) is 0 Å². The van der Waals surface area contributed by atoms with Crippen molar-refractivity contribution in [1.82, 2.24) is 14.4 Å². The molecule has 1 aliphatic rings. The van der Waals surface area contributed by atoms with E-state index in [0.29, 0.717) is 35.7 Å². The first-order valence-corrected chi connectivity index (χ1v) is 10.6. The number of aromatic nitrogens is 1. The topological polar surface area (TPSA) is 75.8 Å². The summed E-state index contributed by atoms with van der Waals surface area (Å²) in [5.41, 5.74) is 3.04. The minimum Gasteiger partial charge on any atom is -0.408 e. The Kier molecular flexibility index (Phi) is 5.93. The Morgan fingerprint density at radius 3 is 2.39 bits per heavy atom. The molecule has 0 radical (unpaired) electrons. The Morgan fingerprint density at radius 2 is 1.71 bits per heavy atom. The van der Waals surface area contributed by atoms with Crippen LogP contribution < -0.4 is 5.76 Å². The van der Waals surface area contributed by atoms with Crippen LogP contribution in [-0.2, 0) is 17.8 Å². The third-order valence-corrected chi connectivity index (χ3v) is 5.97. The molecule has 0 N–H and O–H groups in total. The SMILES string of the molecule is CN(C)C(=O)c1ccc(CC2CCN(C(=O)Cn3c(=O)oc4ccccc43)CC2)cc1. The lowest BCUT2D eigenvalue weighted by atomic mass is 9.90. The third kappa shape index (κ3) is 4.55. The van der Waals surface area contributed by atoms with E-state index in [4.69, 9.17) is 4.42 Å². The lowest BCUT2D eigenvalue weighted by molar-refractivity contribution is -0.133. The molecule has 31 heavy (non-hydrogen) atoms. The summed E-state index contributed by atoms with van der Waals surface area (Å²) in [4.78, 5) is 40.3. The van der Waals surface area contributed by atoms with Gasteiger partial charge in [-0.3, -0.25) is 14.2 Å². The number of oxazole rings is 1. The molecule has 0 unspecified atom stereocenters.